The average molecular weight is 243 g/mol. The topological polar surface area (TPSA) is 26.0 Å². The molecule has 0 amide bonds. The van der Waals surface area contributed by atoms with Crippen LogP contribution in [0.15, 0.2) is 24.3 Å². The summed E-state index contributed by atoms with van der Waals surface area (Å²) in [6.07, 6.45) is 8.15. The number of rotatable bonds is 3. The summed E-state index contributed by atoms with van der Waals surface area (Å²) in [5, 5.41) is 0. The fourth-order valence-electron chi connectivity index (χ4n) is 3.58. The van der Waals surface area contributed by atoms with Gasteiger partial charge in [-0.05, 0) is 54.6 Å². The van der Waals surface area contributed by atoms with Crippen molar-refractivity contribution in [1.82, 2.24) is 0 Å². The highest BCUT2D eigenvalue weighted by Gasteiger charge is 2.27. The molecule has 0 aliphatic heterocycles. The zero-order valence-electron chi connectivity index (χ0n) is 11.4. The van der Waals surface area contributed by atoms with Crippen LogP contribution >= 0.6 is 0 Å². The molecule has 2 saturated carbocycles. The highest BCUT2D eigenvalue weighted by molar-refractivity contribution is 5.28. The molecule has 98 valence electrons. The van der Waals surface area contributed by atoms with E-state index >= 15 is 0 Å². The quantitative estimate of drug-likeness (QED) is 0.837. The summed E-state index contributed by atoms with van der Waals surface area (Å²) in [5.74, 6) is 2.41. The van der Waals surface area contributed by atoms with Gasteiger partial charge in [0.25, 0.3) is 0 Å². The van der Waals surface area contributed by atoms with Crippen molar-refractivity contribution in [1.29, 1.82) is 0 Å². The SMILES string of the molecule is CC1CCC(C(N)c2ccc(C3CCC3)cc2)C1. The van der Waals surface area contributed by atoms with Crippen molar-refractivity contribution in [2.24, 2.45) is 17.6 Å². The average Bonchev–Trinajstić information content (AvgIpc) is 2.74. The van der Waals surface area contributed by atoms with E-state index in [4.69, 9.17) is 5.73 Å². The van der Waals surface area contributed by atoms with Gasteiger partial charge < -0.3 is 5.73 Å². The number of hydrogen-bond donors (Lipinski definition) is 1. The predicted molar refractivity (Wildman–Crippen MR) is 76.5 cm³/mol. The van der Waals surface area contributed by atoms with Crippen molar-refractivity contribution >= 4 is 0 Å². The third kappa shape index (κ3) is 2.33. The summed E-state index contributed by atoms with van der Waals surface area (Å²) < 4.78 is 0. The normalized spacial score (nSPS) is 30.1. The van der Waals surface area contributed by atoms with E-state index in [-0.39, 0.29) is 6.04 Å². The van der Waals surface area contributed by atoms with Gasteiger partial charge in [-0.25, -0.2) is 0 Å². The van der Waals surface area contributed by atoms with E-state index in [9.17, 15) is 0 Å². The van der Waals surface area contributed by atoms with Crippen LogP contribution in [0.1, 0.15) is 68.5 Å². The third-order valence-electron chi connectivity index (χ3n) is 5.14. The summed E-state index contributed by atoms with van der Waals surface area (Å²) in [7, 11) is 0. The molecule has 1 aromatic rings. The van der Waals surface area contributed by atoms with E-state index in [0.29, 0.717) is 5.92 Å². The predicted octanol–water partition coefficient (Wildman–Crippen LogP) is 4.39. The summed E-state index contributed by atoms with van der Waals surface area (Å²) in [5.41, 5.74) is 9.30. The first-order valence-electron chi connectivity index (χ1n) is 7.59. The molecule has 3 unspecified atom stereocenters. The molecule has 3 rings (SSSR count). The molecule has 18 heavy (non-hydrogen) atoms. The lowest BCUT2D eigenvalue weighted by Crippen LogP contribution is -2.19. The fraction of sp³-hybridized carbons (Fsp3) is 0.647. The Bertz CT molecular complexity index is 391. The van der Waals surface area contributed by atoms with Gasteiger partial charge in [-0.2, -0.15) is 0 Å². The monoisotopic (exact) mass is 243 g/mol. The van der Waals surface area contributed by atoms with Crippen molar-refractivity contribution < 1.29 is 0 Å². The Morgan fingerprint density at radius 2 is 1.78 bits per heavy atom. The maximum absolute atomic E-state index is 6.44. The number of nitrogens with two attached hydrogens (primary N) is 1. The molecule has 0 spiro atoms. The summed E-state index contributed by atoms with van der Waals surface area (Å²) in [6.45, 7) is 2.35. The summed E-state index contributed by atoms with van der Waals surface area (Å²) in [4.78, 5) is 0. The largest absolute Gasteiger partial charge is 0.324 e. The van der Waals surface area contributed by atoms with Crippen molar-refractivity contribution in [2.45, 2.75) is 57.4 Å². The Kier molecular flexibility index (Phi) is 3.43. The minimum atomic E-state index is 0.255. The van der Waals surface area contributed by atoms with E-state index in [0.717, 1.165) is 11.8 Å². The lowest BCUT2D eigenvalue weighted by Gasteiger charge is -2.26. The van der Waals surface area contributed by atoms with Gasteiger partial charge in [0.15, 0.2) is 0 Å². The molecular formula is C17H25N. The number of hydrogen-bond acceptors (Lipinski definition) is 1. The molecular weight excluding hydrogens is 218 g/mol. The first-order chi connectivity index (χ1) is 8.74. The molecule has 0 aromatic heterocycles. The van der Waals surface area contributed by atoms with Crippen LogP contribution in [0.25, 0.3) is 0 Å². The van der Waals surface area contributed by atoms with E-state index in [1.807, 2.05) is 0 Å². The minimum Gasteiger partial charge on any atom is -0.324 e. The molecule has 1 aromatic carbocycles. The zero-order chi connectivity index (χ0) is 12.5. The van der Waals surface area contributed by atoms with Crippen LogP contribution in [-0.2, 0) is 0 Å². The van der Waals surface area contributed by atoms with Gasteiger partial charge in [0.05, 0.1) is 0 Å². The molecule has 2 fully saturated rings. The highest BCUT2D eigenvalue weighted by atomic mass is 14.7. The van der Waals surface area contributed by atoms with Gasteiger partial charge in [0.1, 0.15) is 0 Å². The van der Waals surface area contributed by atoms with E-state index < -0.39 is 0 Å². The summed E-state index contributed by atoms with van der Waals surface area (Å²) >= 11 is 0. The second kappa shape index (κ2) is 5.05. The van der Waals surface area contributed by atoms with Crippen molar-refractivity contribution in [2.75, 3.05) is 0 Å². The van der Waals surface area contributed by atoms with Crippen LogP contribution < -0.4 is 5.73 Å². The summed E-state index contributed by atoms with van der Waals surface area (Å²) in [6, 6.07) is 9.45. The second-order valence-electron chi connectivity index (χ2n) is 6.50. The number of benzene rings is 1. The molecule has 0 radical (unpaired) electrons. The third-order valence-corrected chi connectivity index (χ3v) is 5.14. The van der Waals surface area contributed by atoms with Crippen LogP contribution in [0.2, 0.25) is 0 Å². The van der Waals surface area contributed by atoms with E-state index in [1.54, 1.807) is 0 Å². The molecule has 1 nitrogen and oxygen atoms in total. The van der Waals surface area contributed by atoms with Gasteiger partial charge >= 0.3 is 0 Å². The molecule has 1 heteroatoms. The van der Waals surface area contributed by atoms with Gasteiger partial charge in [-0.15, -0.1) is 0 Å². The second-order valence-corrected chi connectivity index (χ2v) is 6.50. The first-order valence-corrected chi connectivity index (χ1v) is 7.59. The molecule has 2 aliphatic carbocycles. The minimum absolute atomic E-state index is 0.255. The Balaban J connectivity index is 1.68. The lowest BCUT2D eigenvalue weighted by atomic mass is 9.79. The van der Waals surface area contributed by atoms with Crippen LogP contribution in [0.5, 0.6) is 0 Å². The smallest absolute Gasteiger partial charge is 0.0323 e. The first kappa shape index (κ1) is 12.2. The molecule has 3 atom stereocenters. The Hall–Kier alpha value is -0.820. The van der Waals surface area contributed by atoms with Gasteiger partial charge in [0.2, 0.25) is 0 Å². The Morgan fingerprint density at radius 1 is 1.06 bits per heavy atom. The maximum Gasteiger partial charge on any atom is 0.0323 e. The van der Waals surface area contributed by atoms with Crippen molar-refractivity contribution in [3.05, 3.63) is 35.4 Å². The molecule has 0 bridgehead atoms. The van der Waals surface area contributed by atoms with Gasteiger partial charge in [0, 0.05) is 6.04 Å². The van der Waals surface area contributed by atoms with Crippen LogP contribution in [0, 0.1) is 11.8 Å². The molecule has 0 saturated heterocycles. The van der Waals surface area contributed by atoms with Crippen LogP contribution in [-0.4, -0.2) is 0 Å². The molecule has 2 N–H and O–H groups in total. The Labute approximate surface area is 111 Å². The van der Waals surface area contributed by atoms with E-state index in [1.165, 1.54) is 49.7 Å². The van der Waals surface area contributed by atoms with Crippen LogP contribution in [0.4, 0.5) is 0 Å². The lowest BCUT2D eigenvalue weighted by molar-refractivity contribution is 0.417. The molecule has 0 heterocycles. The van der Waals surface area contributed by atoms with Crippen molar-refractivity contribution in [3.63, 3.8) is 0 Å². The highest BCUT2D eigenvalue weighted by Crippen LogP contribution is 2.39. The van der Waals surface area contributed by atoms with Crippen LogP contribution in [0.3, 0.4) is 0 Å². The van der Waals surface area contributed by atoms with Gasteiger partial charge in [-0.3, -0.25) is 0 Å². The fourth-order valence-corrected chi connectivity index (χ4v) is 3.58. The zero-order valence-corrected chi connectivity index (χ0v) is 11.4. The molecule has 2 aliphatic rings. The van der Waals surface area contributed by atoms with Gasteiger partial charge in [-0.1, -0.05) is 44.0 Å². The maximum atomic E-state index is 6.44. The Morgan fingerprint density at radius 3 is 2.28 bits per heavy atom. The van der Waals surface area contributed by atoms with Crippen molar-refractivity contribution in [3.8, 4) is 0 Å². The standard InChI is InChI=1S/C17H25N/c1-12-5-6-16(11-12)17(18)15-9-7-14(8-10-15)13-3-2-4-13/h7-10,12-13,16-17H,2-6,11,18H2,1H3. The van der Waals surface area contributed by atoms with E-state index in [2.05, 4.69) is 31.2 Å².